The molecule has 0 aliphatic carbocycles. The molecule has 5 heteroatoms. The molecule has 1 aromatic carbocycles. The molecule has 0 N–H and O–H groups in total. The van der Waals surface area contributed by atoms with Gasteiger partial charge in [0.25, 0.3) is 0 Å². The first-order valence-corrected chi connectivity index (χ1v) is 6.55. The summed E-state index contributed by atoms with van der Waals surface area (Å²) in [6.45, 7) is 0. The van der Waals surface area contributed by atoms with Gasteiger partial charge in [-0.2, -0.15) is 0 Å². The normalized spacial score (nSPS) is 10.5. The number of hydrogen-bond acceptors (Lipinski definition) is 1. The molecular weight excluding hydrogens is 379 g/mol. The van der Waals surface area contributed by atoms with Gasteiger partial charge >= 0.3 is 0 Å². The lowest BCUT2D eigenvalue weighted by Gasteiger charge is -2.06. The molecule has 0 saturated carbocycles. The quantitative estimate of drug-likeness (QED) is 0.607. The van der Waals surface area contributed by atoms with Gasteiger partial charge in [0.05, 0.1) is 15.7 Å². The molecule has 0 amide bonds. The van der Waals surface area contributed by atoms with Crippen molar-refractivity contribution in [2.45, 2.75) is 0 Å². The van der Waals surface area contributed by atoms with Crippen molar-refractivity contribution in [3.05, 3.63) is 49.1 Å². The molecule has 82 valence electrons. The Morgan fingerprint density at radius 3 is 2.38 bits per heavy atom. The van der Waals surface area contributed by atoms with Crippen LogP contribution in [0.3, 0.4) is 0 Å². The maximum Gasteiger partial charge on any atom is 0.0851 e. The standard InChI is InChI=1S/C11H5Cl3IN/c12-6-1-2-8(9(14)3-6)11-10(15)4-7(13)5-16-11/h1-5H. The maximum absolute atomic E-state index is 6.12. The molecular formula is C11H5Cl3IN. The highest BCUT2D eigenvalue weighted by Crippen LogP contribution is 2.32. The van der Waals surface area contributed by atoms with Crippen molar-refractivity contribution >= 4 is 57.4 Å². The van der Waals surface area contributed by atoms with E-state index in [9.17, 15) is 0 Å². The SMILES string of the molecule is Clc1ccc(-c2ncc(Cl)cc2I)c(Cl)c1. The van der Waals surface area contributed by atoms with E-state index in [1.54, 1.807) is 18.3 Å². The molecule has 1 nitrogen and oxygen atoms in total. The van der Waals surface area contributed by atoms with E-state index in [4.69, 9.17) is 34.8 Å². The van der Waals surface area contributed by atoms with E-state index >= 15 is 0 Å². The Labute approximate surface area is 122 Å². The molecule has 0 saturated heterocycles. The summed E-state index contributed by atoms with van der Waals surface area (Å²) in [5, 5.41) is 1.80. The number of nitrogens with zero attached hydrogens (tertiary/aromatic N) is 1. The van der Waals surface area contributed by atoms with Gasteiger partial charge in [-0.3, -0.25) is 4.98 Å². The Kier molecular flexibility index (Phi) is 3.95. The lowest BCUT2D eigenvalue weighted by Crippen LogP contribution is -1.88. The van der Waals surface area contributed by atoms with E-state index in [1.807, 2.05) is 12.1 Å². The highest BCUT2D eigenvalue weighted by molar-refractivity contribution is 14.1. The summed E-state index contributed by atoms with van der Waals surface area (Å²) in [5.74, 6) is 0. The predicted octanol–water partition coefficient (Wildman–Crippen LogP) is 5.31. The fourth-order valence-corrected chi connectivity index (χ4v) is 2.90. The van der Waals surface area contributed by atoms with Gasteiger partial charge in [0, 0.05) is 20.4 Å². The zero-order valence-electron chi connectivity index (χ0n) is 7.85. The Hall–Kier alpha value is -0.0300. The van der Waals surface area contributed by atoms with E-state index in [0.29, 0.717) is 15.1 Å². The number of rotatable bonds is 1. The third-order valence-corrected chi connectivity index (χ3v) is 3.57. The van der Waals surface area contributed by atoms with Crippen LogP contribution >= 0.6 is 57.4 Å². The largest absolute Gasteiger partial charge is 0.254 e. The highest BCUT2D eigenvalue weighted by Gasteiger charge is 2.09. The van der Waals surface area contributed by atoms with Crippen LogP contribution in [0.4, 0.5) is 0 Å². The number of aromatic nitrogens is 1. The van der Waals surface area contributed by atoms with Crippen molar-refractivity contribution in [3.63, 3.8) is 0 Å². The minimum absolute atomic E-state index is 0.584. The topological polar surface area (TPSA) is 12.9 Å². The molecule has 0 radical (unpaired) electrons. The minimum Gasteiger partial charge on any atom is -0.254 e. The predicted molar refractivity (Wildman–Crippen MR) is 77.4 cm³/mol. The lowest BCUT2D eigenvalue weighted by atomic mass is 10.1. The van der Waals surface area contributed by atoms with Crippen LogP contribution in [0, 0.1) is 3.57 Å². The first-order valence-electron chi connectivity index (χ1n) is 4.34. The number of pyridine rings is 1. The molecule has 0 bridgehead atoms. The van der Waals surface area contributed by atoms with Crippen molar-refractivity contribution in [2.75, 3.05) is 0 Å². The second kappa shape index (κ2) is 5.08. The van der Waals surface area contributed by atoms with Crippen LogP contribution in [0.5, 0.6) is 0 Å². The molecule has 1 aromatic heterocycles. The lowest BCUT2D eigenvalue weighted by molar-refractivity contribution is 1.31. The van der Waals surface area contributed by atoms with Gasteiger partial charge in [-0.15, -0.1) is 0 Å². The molecule has 0 aliphatic rings. The smallest absolute Gasteiger partial charge is 0.0851 e. The molecule has 0 unspecified atom stereocenters. The zero-order chi connectivity index (χ0) is 11.7. The Balaban J connectivity index is 2.59. The fraction of sp³-hybridized carbons (Fsp3) is 0. The van der Waals surface area contributed by atoms with E-state index in [0.717, 1.165) is 14.8 Å². The number of benzene rings is 1. The maximum atomic E-state index is 6.12. The zero-order valence-corrected chi connectivity index (χ0v) is 12.3. The van der Waals surface area contributed by atoms with E-state index < -0.39 is 0 Å². The minimum atomic E-state index is 0.584. The molecule has 16 heavy (non-hydrogen) atoms. The first kappa shape index (κ1) is 12.4. The van der Waals surface area contributed by atoms with Crippen molar-refractivity contribution in [1.82, 2.24) is 4.98 Å². The Morgan fingerprint density at radius 1 is 1.00 bits per heavy atom. The van der Waals surface area contributed by atoms with Crippen LogP contribution in [-0.2, 0) is 0 Å². The van der Waals surface area contributed by atoms with Crippen LogP contribution in [0.15, 0.2) is 30.5 Å². The molecule has 0 spiro atoms. The third-order valence-electron chi connectivity index (χ3n) is 1.99. The van der Waals surface area contributed by atoms with Gasteiger partial charge in [-0.05, 0) is 46.9 Å². The van der Waals surface area contributed by atoms with Crippen LogP contribution in [0.25, 0.3) is 11.3 Å². The van der Waals surface area contributed by atoms with Gasteiger partial charge in [0.2, 0.25) is 0 Å². The van der Waals surface area contributed by atoms with Crippen LogP contribution in [-0.4, -0.2) is 4.98 Å². The average molecular weight is 384 g/mol. The molecule has 0 aliphatic heterocycles. The van der Waals surface area contributed by atoms with E-state index in [1.165, 1.54) is 0 Å². The summed E-state index contributed by atoms with van der Waals surface area (Å²) in [4.78, 5) is 4.27. The highest BCUT2D eigenvalue weighted by atomic mass is 127. The van der Waals surface area contributed by atoms with Crippen molar-refractivity contribution in [2.24, 2.45) is 0 Å². The molecule has 2 rings (SSSR count). The molecule has 1 heterocycles. The Morgan fingerprint density at radius 2 is 1.75 bits per heavy atom. The second-order valence-electron chi connectivity index (χ2n) is 3.11. The summed E-state index contributed by atoms with van der Waals surface area (Å²) in [6, 6.07) is 7.18. The number of halogens is 4. The molecule has 0 atom stereocenters. The molecule has 0 fully saturated rings. The fourth-order valence-electron chi connectivity index (χ4n) is 1.29. The van der Waals surface area contributed by atoms with Crippen molar-refractivity contribution < 1.29 is 0 Å². The summed E-state index contributed by atoms with van der Waals surface area (Å²) < 4.78 is 0.953. The van der Waals surface area contributed by atoms with Crippen LogP contribution < -0.4 is 0 Å². The average Bonchev–Trinajstić information content (AvgIpc) is 2.19. The summed E-state index contributed by atoms with van der Waals surface area (Å²) in [7, 11) is 0. The monoisotopic (exact) mass is 383 g/mol. The van der Waals surface area contributed by atoms with E-state index in [2.05, 4.69) is 27.6 Å². The van der Waals surface area contributed by atoms with Crippen molar-refractivity contribution in [3.8, 4) is 11.3 Å². The summed E-state index contributed by atoms with van der Waals surface area (Å²) >= 11 is 20.0. The van der Waals surface area contributed by atoms with Gasteiger partial charge in [-0.25, -0.2) is 0 Å². The number of hydrogen-bond donors (Lipinski definition) is 0. The van der Waals surface area contributed by atoms with Crippen molar-refractivity contribution in [1.29, 1.82) is 0 Å². The van der Waals surface area contributed by atoms with E-state index in [-0.39, 0.29) is 0 Å². The van der Waals surface area contributed by atoms with Crippen LogP contribution in [0.2, 0.25) is 15.1 Å². The van der Waals surface area contributed by atoms with Gasteiger partial charge in [0.1, 0.15) is 0 Å². The summed E-state index contributed by atoms with van der Waals surface area (Å²) in [5.41, 5.74) is 1.67. The third kappa shape index (κ3) is 2.62. The molecule has 2 aromatic rings. The second-order valence-corrected chi connectivity index (χ2v) is 5.55. The van der Waals surface area contributed by atoms with Gasteiger partial charge < -0.3 is 0 Å². The summed E-state index contributed by atoms with van der Waals surface area (Å²) in [6.07, 6.45) is 1.60. The first-order chi connectivity index (χ1) is 7.58. The van der Waals surface area contributed by atoms with Gasteiger partial charge in [-0.1, -0.05) is 34.8 Å². The Bertz CT molecular complexity index is 493. The van der Waals surface area contributed by atoms with Gasteiger partial charge in [0.15, 0.2) is 0 Å². The van der Waals surface area contributed by atoms with Crippen LogP contribution in [0.1, 0.15) is 0 Å².